The van der Waals surface area contributed by atoms with Gasteiger partial charge in [-0.15, -0.1) is 0 Å². The Labute approximate surface area is 106 Å². The molecule has 100 valence electrons. The average molecular weight is 268 g/mol. The van der Waals surface area contributed by atoms with Gasteiger partial charge in [-0.2, -0.15) is 4.39 Å². The van der Waals surface area contributed by atoms with Gasteiger partial charge in [0.2, 0.25) is 11.7 Å². The first-order valence-corrected chi connectivity index (χ1v) is 5.37. The summed E-state index contributed by atoms with van der Waals surface area (Å²) >= 11 is 0. The van der Waals surface area contributed by atoms with E-state index in [9.17, 15) is 24.1 Å². The van der Waals surface area contributed by atoms with Gasteiger partial charge in [0.1, 0.15) is 0 Å². The van der Waals surface area contributed by atoms with Crippen LogP contribution in [0.5, 0.6) is 0 Å². The number of amides is 1. The molecule has 1 N–H and O–H groups in total. The van der Waals surface area contributed by atoms with Crippen molar-refractivity contribution in [3.63, 3.8) is 0 Å². The van der Waals surface area contributed by atoms with Gasteiger partial charge in [0.25, 0.3) is 0 Å². The van der Waals surface area contributed by atoms with Gasteiger partial charge in [0, 0.05) is 30.8 Å². The number of nitro benzene ring substituents is 1. The number of rotatable bonds is 3. The van der Waals surface area contributed by atoms with Gasteiger partial charge in [0.05, 0.1) is 10.8 Å². The Hall–Kier alpha value is -2.51. The quantitative estimate of drug-likeness (QED) is 0.655. The number of halogens is 1. The van der Waals surface area contributed by atoms with Crippen molar-refractivity contribution in [3.8, 4) is 0 Å². The third-order valence-electron chi connectivity index (χ3n) is 2.91. The van der Waals surface area contributed by atoms with E-state index in [1.807, 2.05) is 0 Å². The number of carboxylic acid groups (broad SMARTS) is 1. The molecule has 7 nitrogen and oxygen atoms in total. The molecular weight excluding hydrogens is 259 g/mol. The molecule has 0 aromatic heterocycles. The number of hydrogen-bond donors (Lipinski definition) is 1. The van der Waals surface area contributed by atoms with E-state index in [-0.39, 0.29) is 18.7 Å². The number of carbonyl (C=O) groups is 2. The van der Waals surface area contributed by atoms with Crippen molar-refractivity contribution < 1.29 is 24.0 Å². The molecule has 1 heterocycles. The Morgan fingerprint density at radius 2 is 2.21 bits per heavy atom. The molecule has 0 aliphatic carbocycles. The van der Waals surface area contributed by atoms with Crippen LogP contribution in [0.1, 0.15) is 6.42 Å². The lowest BCUT2D eigenvalue weighted by Crippen LogP contribution is -2.25. The molecule has 0 spiro atoms. The van der Waals surface area contributed by atoms with Crippen LogP contribution < -0.4 is 4.90 Å². The maximum Gasteiger partial charge on any atom is 0.308 e. The second kappa shape index (κ2) is 4.63. The zero-order valence-electron chi connectivity index (χ0n) is 9.58. The summed E-state index contributed by atoms with van der Waals surface area (Å²) in [5.41, 5.74) is -0.568. The highest BCUT2D eigenvalue weighted by Crippen LogP contribution is 2.28. The Kier molecular flexibility index (Phi) is 3.16. The van der Waals surface area contributed by atoms with Crippen molar-refractivity contribution in [1.29, 1.82) is 0 Å². The van der Waals surface area contributed by atoms with E-state index < -0.39 is 34.2 Å². The van der Waals surface area contributed by atoms with Crippen molar-refractivity contribution in [2.24, 2.45) is 5.92 Å². The number of carbonyl (C=O) groups excluding carboxylic acids is 1. The van der Waals surface area contributed by atoms with Crippen molar-refractivity contribution in [3.05, 3.63) is 34.1 Å². The summed E-state index contributed by atoms with van der Waals surface area (Å²) in [6, 6.07) is 3.04. The minimum absolute atomic E-state index is 0.0641. The maximum atomic E-state index is 13.4. The van der Waals surface area contributed by atoms with Crippen molar-refractivity contribution in [1.82, 2.24) is 0 Å². The van der Waals surface area contributed by atoms with Crippen LogP contribution in [-0.2, 0) is 9.59 Å². The van der Waals surface area contributed by atoms with Gasteiger partial charge in [0.15, 0.2) is 0 Å². The fraction of sp³-hybridized carbons (Fsp3) is 0.273. The summed E-state index contributed by atoms with van der Waals surface area (Å²) in [6.45, 7) is -0.0641. The number of anilines is 1. The highest BCUT2D eigenvalue weighted by Gasteiger charge is 2.35. The molecule has 1 aliphatic heterocycles. The number of aliphatic carboxylic acids is 1. The number of nitro groups is 1. The zero-order chi connectivity index (χ0) is 14.2. The van der Waals surface area contributed by atoms with Crippen LogP contribution in [0.15, 0.2) is 18.2 Å². The molecule has 1 amide bonds. The number of nitrogens with zero attached hydrogens (tertiary/aromatic N) is 2. The molecule has 1 aliphatic rings. The van der Waals surface area contributed by atoms with Crippen molar-refractivity contribution >= 4 is 23.3 Å². The summed E-state index contributed by atoms with van der Waals surface area (Å²) in [5.74, 6) is -3.45. The molecule has 1 unspecified atom stereocenters. The lowest BCUT2D eigenvalue weighted by molar-refractivity contribution is -0.387. The van der Waals surface area contributed by atoms with Crippen LogP contribution in [0.4, 0.5) is 15.8 Å². The summed E-state index contributed by atoms with van der Waals surface area (Å²) in [7, 11) is 0. The highest BCUT2D eigenvalue weighted by atomic mass is 19.1. The van der Waals surface area contributed by atoms with Gasteiger partial charge in [-0.25, -0.2) is 0 Å². The Morgan fingerprint density at radius 3 is 2.68 bits per heavy atom. The van der Waals surface area contributed by atoms with E-state index in [4.69, 9.17) is 5.11 Å². The van der Waals surface area contributed by atoms with Crippen LogP contribution in [-0.4, -0.2) is 28.5 Å². The molecule has 1 aromatic rings. The van der Waals surface area contributed by atoms with Crippen LogP contribution in [0.3, 0.4) is 0 Å². The smallest absolute Gasteiger partial charge is 0.308 e. The first-order chi connectivity index (χ1) is 8.90. The molecule has 1 fully saturated rings. The van der Waals surface area contributed by atoms with Crippen LogP contribution in [0.2, 0.25) is 0 Å². The predicted molar refractivity (Wildman–Crippen MR) is 61.2 cm³/mol. The summed E-state index contributed by atoms with van der Waals surface area (Å²) < 4.78 is 13.4. The van der Waals surface area contributed by atoms with E-state index in [2.05, 4.69) is 0 Å². The molecular formula is C11H9FN2O5. The topological polar surface area (TPSA) is 101 Å². The third kappa shape index (κ3) is 2.37. The van der Waals surface area contributed by atoms with Gasteiger partial charge in [-0.05, 0) is 6.07 Å². The van der Waals surface area contributed by atoms with Crippen LogP contribution in [0, 0.1) is 21.8 Å². The minimum atomic E-state index is -1.10. The van der Waals surface area contributed by atoms with Crippen LogP contribution in [0.25, 0.3) is 0 Å². The lowest BCUT2D eigenvalue weighted by Gasteiger charge is -2.15. The van der Waals surface area contributed by atoms with Gasteiger partial charge in [-0.3, -0.25) is 19.7 Å². The molecule has 1 aromatic carbocycles. The van der Waals surface area contributed by atoms with Gasteiger partial charge in [-0.1, -0.05) is 0 Å². The third-order valence-corrected chi connectivity index (χ3v) is 2.91. The summed E-state index contributed by atoms with van der Waals surface area (Å²) in [5, 5.41) is 19.3. The zero-order valence-corrected chi connectivity index (χ0v) is 9.58. The second-order valence-electron chi connectivity index (χ2n) is 4.14. The fourth-order valence-corrected chi connectivity index (χ4v) is 1.93. The average Bonchev–Trinajstić information content (AvgIpc) is 2.71. The van der Waals surface area contributed by atoms with E-state index in [0.717, 1.165) is 17.0 Å². The van der Waals surface area contributed by atoms with Crippen molar-refractivity contribution in [2.45, 2.75) is 6.42 Å². The second-order valence-corrected chi connectivity index (χ2v) is 4.14. The first-order valence-electron chi connectivity index (χ1n) is 5.37. The van der Waals surface area contributed by atoms with E-state index in [1.54, 1.807) is 0 Å². The van der Waals surface area contributed by atoms with E-state index in [0.29, 0.717) is 0 Å². The Bertz CT molecular complexity index is 574. The summed E-state index contributed by atoms with van der Waals surface area (Å²) in [4.78, 5) is 33.1. The normalized spacial score (nSPS) is 18.7. The standard InChI is InChI=1S/C11H9FN2O5/c12-8-4-7(1-2-9(8)14(18)19)13-5-6(11(16)17)3-10(13)15/h1-2,4,6H,3,5H2,(H,16,17). The molecule has 19 heavy (non-hydrogen) atoms. The summed E-state index contributed by atoms with van der Waals surface area (Å²) in [6.07, 6.45) is -0.159. The first kappa shape index (κ1) is 12.9. The Morgan fingerprint density at radius 1 is 1.53 bits per heavy atom. The maximum absolute atomic E-state index is 13.4. The predicted octanol–water partition coefficient (Wildman–Crippen LogP) is 1.17. The van der Waals surface area contributed by atoms with E-state index >= 15 is 0 Å². The molecule has 0 bridgehead atoms. The number of benzene rings is 1. The van der Waals surface area contributed by atoms with Gasteiger partial charge >= 0.3 is 11.7 Å². The molecule has 0 saturated carbocycles. The van der Waals surface area contributed by atoms with Crippen molar-refractivity contribution in [2.75, 3.05) is 11.4 Å². The molecule has 8 heteroatoms. The molecule has 1 atom stereocenters. The SMILES string of the molecule is O=C(O)C1CC(=O)N(c2ccc([N+](=O)[O-])c(F)c2)C1. The fourth-order valence-electron chi connectivity index (χ4n) is 1.93. The van der Waals surface area contributed by atoms with E-state index in [1.165, 1.54) is 6.07 Å². The number of carboxylic acids is 1. The highest BCUT2D eigenvalue weighted by molar-refractivity contribution is 5.99. The van der Waals surface area contributed by atoms with Crippen LogP contribution >= 0.6 is 0 Å². The minimum Gasteiger partial charge on any atom is -0.481 e. The monoisotopic (exact) mass is 268 g/mol. The van der Waals surface area contributed by atoms with Gasteiger partial charge < -0.3 is 10.0 Å². The Balaban J connectivity index is 2.28. The lowest BCUT2D eigenvalue weighted by atomic mass is 10.1. The molecule has 1 saturated heterocycles. The number of hydrogen-bond acceptors (Lipinski definition) is 4. The largest absolute Gasteiger partial charge is 0.481 e. The molecule has 2 rings (SSSR count). The molecule has 0 radical (unpaired) electrons.